The first-order valence-electron chi connectivity index (χ1n) is 4.89. The fourth-order valence-electron chi connectivity index (χ4n) is 0.827. The highest BCUT2D eigenvalue weighted by atomic mass is 32.2. The van der Waals surface area contributed by atoms with E-state index < -0.39 is 0 Å². The fourth-order valence-corrected chi connectivity index (χ4v) is 1.65. The van der Waals surface area contributed by atoms with Crippen LogP contribution in [0.25, 0.3) is 0 Å². The molecule has 0 bridgehead atoms. The average molecular weight is 207 g/mol. The van der Waals surface area contributed by atoms with Gasteiger partial charge >= 0.3 is 0 Å². The first-order valence-corrected chi connectivity index (χ1v) is 6.04. The molecule has 2 N–H and O–H groups in total. The Bertz CT molecular complexity index is 83.7. The van der Waals surface area contributed by atoms with Gasteiger partial charge in [-0.25, -0.2) is 0 Å². The number of hydrogen-bond acceptors (Lipinski definition) is 4. The zero-order valence-corrected chi connectivity index (χ0v) is 9.24. The summed E-state index contributed by atoms with van der Waals surface area (Å²) in [5.74, 6) is 2.18. The second kappa shape index (κ2) is 12.2. The van der Waals surface area contributed by atoms with Crippen LogP contribution in [0, 0.1) is 0 Å². The second-order valence-electron chi connectivity index (χ2n) is 2.64. The van der Waals surface area contributed by atoms with Gasteiger partial charge in [0.05, 0.1) is 6.61 Å². The Morgan fingerprint density at radius 1 is 1.31 bits per heavy atom. The van der Waals surface area contributed by atoms with E-state index in [1.807, 2.05) is 18.7 Å². The van der Waals surface area contributed by atoms with Crippen molar-refractivity contribution in [3.05, 3.63) is 0 Å². The highest BCUT2D eigenvalue weighted by Gasteiger charge is 1.89. The summed E-state index contributed by atoms with van der Waals surface area (Å²) in [6, 6.07) is 0. The number of aliphatic hydroxyl groups is 1. The highest BCUT2D eigenvalue weighted by molar-refractivity contribution is 7.99. The van der Waals surface area contributed by atoms with Crippen LogP contribution in [0.4, 0.5) is 0 Å². The quantitative estimate of drug-likeness (QED) is 0.518. The minimum absolute atomic E-state index is 0.310. The standard InChI is InChI=1S/C9H21NO2S/c1-2-12-7-4-10-5-9-13-8-3-6-11/h10-11H,2-9H2,1H3. The summed E-state index contributed by atoms with van der Waals surface area (Å²) in [4.78, 5) is 0. The summed E-state index contributed by atoms with van der Waals surface area (Å²) in [5, 5.41) is 11.8. The summed E-state index contributed by atoms with van der Waals surface area (Å²) < 4.78 is 5.18. The van der Waals surface area contributed by atoms with Crippen molar-refractivity contribution in [3.8, 4) is 0 Å². The van der Waals surface area contributed by atoms with E-state index in [0.717, 1.165) is 44.2 Å². The fraction of sp³-hybridized carbons (Fsp3) is 1.00. The first kappa shape index (κ1) is 13.2. The summed E-state index contributed by atoms with van der Waals surface area (Å²) in [6.07, 6.45) is 0.906. The van der Waals surface area contributed by atoms with Gasteiger partial charge in [0.1, 0.15) is 0 Å². The molecule has 0 aromatic heterocycles. The zero-order chi connectivity index (χ0) is 9.78. The number of hydrogen-bond donors (Lipinski definition) is 2. The van der Waals surface area contributed by atoms with Crippen molar-refractivity contribution in [1.29, 1.82) is 0 Å². The average Bonchev–Trinajstić information content (AvgIpc) is 2.16. The Hall–Kier alpha value is 0.230. The molecule has 0 aliphatic heterocycles. The molecule has 0 atom stereocenters. The van der Waals surface area contributed by atoms with E-state index in [4.69, 9.17) is 9.84 Å². The molecule has 0 aromatic carbocycles. The van der Waals surface area contributed by atoms with Crippen LogP contribution in [0.1, 0.15) is 13.3 Å². The molecule has 0 aromatic rings. The number of nitrogens with one attached hydrogen (secondary N) is 1. The van der Waals surface area contributed by atoms with Crippen molar-refractivity contribution in [1.82, 2.24) is 5.32 Å². The largest absolute Gasteiger partial charge is 0.396 e. The van der Waals surface area contributed by atoms with E-state index in [0.29, 0.717) is 6.61 Å². The Labute approximate surface area is 85.2 Å². The van der Waals surface area contributed by atoms with Crippen LogP contribution in [-0.4, -0.2) is 49.5 Å². The third kappa shape index (κ3) is 12.2. The molecule has 0 saturated carbocycles. The molecule has 4 heteroatoms. The first-order chi connectivity index (χ1) is 6.41. The summed E-state index contributed by atoms with van der Waals surface area (Å²) in [7, 11) is 0. The maximum absolute atomic E-state index is 8.52. The van der Waals surface area contributed by atoms with Crippen molar-refractivity contribution in [2.75, 3.05) is 44.4 Å². The molecule has 0 unspecified atom stereocenters. The normalized spacial score (nSPS) is 10.6. The Kier molecular flexibility index (Phi) is 12.4. The van der Waals surface area contributed by atoms with E-state index >= 15 is 0 Å². The third-order valence-corrected chi connectivity index (χ3v) is 2.57. The van der Waals surface area contributed by atoms with Gasteiger partial charge in [0, 0.05) is 32.1 Å². The van der Waals surface area contributed by atoms with Crippen LogP contribution in [-0.2, 0) is 4.74 Å². The van der Waals surface area contributed by atoms with Crippen LogP contribution >= 0.6 is 11.8 Å². The Balaban J connectivity index is 2.76. The lowest BCUT2D eigenvalue weighted by Gasteiger charge is -2.04. The smallest absolute Gasteiger partial charge is 0.0590 e. The molecule has 0 rings (SSSR count). The van der Waals surface area contributed by atoms with Crippen LogP contribution in [0.3, 0.4) is 0 Å². The lowest BCUT2D eigenvalue weighted by Crippen LogP contribution is -2.22. The van der Waals surface area contributed by atoms with Crippen molar-refractivity contribution < 1.29 is 9.84 Å². The molecule has 3 nitrogen and oxygen atoms in total. The maximum atomic E-state index is 8.52. The van der Waals surface area contributed by atoms with Gasteiger partial charge in [-0.05, 0) is 19.1 Å². The monoisotopic (exact) mass is 207 g/mol. The van der Waals surface area contributed by atoms with Crippen LogP contribution in [0.5, 0.6) is 0 Å². The van der Waals surface area contributed by atoms with Crippen molar-refractivity contribution in [2.24, 2.45) is 0 Å². The Morgan fingerprint density at radius 2 is 2.15 bits per heavy atom. The van der Waals surface area contributed by atoms with E-state index in [2.05, 4.69) is 5.32 Å². The van der Waals surface area contributed by atoms with Crippen LogP contribution in [0.15, 0.2) is 0 Å². The molecule has 0 fully saturated rings. The topological polar surface area (TPSA) is 41.5 Å². The molecule has 0 amide bonds. The lowest BCUT2D eigenvalue weighted by atomic mass is 10.5. The molecule has 0 spiro atoms. The van der Waals surface area contributed by atoms with Gasteiger partial charge in [0.15, 0.2) is 0 Å². The molecule has 0 aliphatic carbocycles. The molecular weight excluding hydrogens is 186 g/mol. The molecule has 13 heavy (non-hydrogen) atoms. The van der Waals surface area contributed by atoms with E-state index in [1.165, 1.54) is 0 Å². The molecule has 0 saturated heterocycles. The van der Waals surface area contributed by atoms with E-state index in [9.17, 15) is 0 Å². The number of ether oxygens (including phenoxy) is 1. The van der Waals surface area contributed by atoms with Crippen molar-refractivity contribution in [2.45, 2.75) is 13.3 Å². The molecule has 0 aliphatic rings. The summed E-state index contributed by atoms with van der Waals surface area (Å²) in [6.45, 7) is 5.89. The van der Waals surface area contributed by atoms with Crippen molar-refractivity contribution in [3.63, 3.8) is 0 Å². The molecular formula is C9H21NO2S. The molecule has 0 radical (unpaired) electrons. The van der Waals surface area contributed by atoms with Gasteiger partial charge in [-0.3, -0.25) is 0 Å². The van der Waals surface area contributed by atoms with Gasteiger partial charge in [0.2, 0.25) is 0 Å². The lowest BCUT2D eigenvalue weighted by molar-refractivity contribution is 0.150. The van der Waals surface area contributed by atoms with Crippen molar-refractivity contribution >= 4 is 11.8 Å². The van der Waals surface area contributed by atoms with Crippen LogP contribution in [0.2, 0.25) is 0 Å². The molecule has 80 valence electrons. The summed E-state index contributed by atoms with van der Waals surface area (Å²) >= 11 is 1.88. The predicted octanol–water partition coefficient (Wildman–Crippen LogP) is 0.728. The zero-order valence-electron chi connectivity index (χ0n) is 8.42. The summed E-state index contributed by atoms with van der Waals surface area (Å²) in [5.41, 5.74) is 0. The van der Waals surface area contributed by atoms with Gasteiger partial charge in [-0.2, -0.15) is 11.8 Å². The predicted molar refractivity (Wildman–Crippen MR) is 58.4 cm³/mol. The SMILES string of the molecule is CCOCCNCCSCCCO. The Morgan fingerprint density at radius 3 is 2.85 bits per heavy atom. The van der Waals surface area contributed by atoms with Gasteiger partial charge in [0.25, 0.3) is 0 Å². The van der Waals surface area contributed by atoms with Gasteiger partial charge in [-0.15, -0.1) is 0 Å². The number of aliphatic hydroxyl groups excluding tert-OH is 1. The molecule has 0 heterocycles. The second-order valence-corrected chi connectivity index (χ2v) is 3.86. The van der Waals surface area contributed by atoms with Gasteiger partial charge in [-0.1, -0.05) is 0 Å². The van der Waals surface area contributed by atoms with E-state index in [-0.39, 0.29) is 0 Å². The number of rotatable bonds is 10. The maximum Gasteiger partial charge on any atom is 0.0590 e. The van der Waals surface area contributed by atoms with Crippen LogP contribution < -0.4 is 5.32 Å². The third-order valence-electron chi connectivity index (χ3n) is 1.50. The van der Waals surface area contributed by atoms with E-state index in [1.54, 1.807) is 0 Å². The minimum Gasteiger partial charge on any atom is -0.396 e. The highest BCUT2D eigenvalue weighted by Crippen LogP contribution is 1.99. The minimum atomic E-state index is 0.310. The number of thioether (sulfide) groups is 1. The van der Waals surface area contributed by atoms with Gasteiger partial charge < -0.3 is 15.2 Å².